The van der Waals surface area contributed by atoms with Crippen molar-refractivity contribution in [2.45, 2.75) is 26.2 Å². The molecule has 3 heteroatoms. The number of phenols is 2. The summed E-state index contributed by atoms with van der Waals surface area (Å²) in [5, 5.41) is 19.7. The van der Waals surface area contributed by atoms with Crippen molar-refractivity contribution in [3.8, 4) is 17.2 Å². The van der Waals surface area contributed by atoms with Crippen molar-refractivity contribution in [1.29, 1.82) is 0 Å². The van der Waals surface area contributed by atoms with Crippen molar-refractivity contribution < 1.29 is 14.9 Å². The molecule has 2 aromatic rings. The van der Waals surface area contributed by atoms with Crippen LogP contribution in [-0.2, 0) is 6.42 Å². The maximum Gasteiger partial charge on any atom is 0.160 e. The summed E-state index contributed by atoms with van der Waals surface area (Å²) < 4.78 is 5.25. The minimum atomic E-state index is 0.187. The lowest BCUT2D eigenvalue weighted by molar-refractivity contribution is 0.320. The van der Waals surface area contributed by atoms with Crippen molar-refractivity contribution >= 4 is 0 Å². The number of hydrogen-bond donors (Lipinski definition) is 2. The van der Waals surface area contributed by atoms with E-state index < -0.39 is 0 Å². The van der Waals surface area contributed by atoms with Gasteiger partial charge >= 0.3 is 0 Å². The van der Waals surface area contributed by atoms with Crippen LogP contribution in [0.15, 0.2) is 36.4 Å². The number of hydrogen-bond acceptors (Lipinski definition) is 3. The Morgan fingerprint density at radius 3 is 2.36 bits per heavy atom. The maximum absolute atomic E-state index is 10.2. The minimum Gasteiger partial charge on any atom is -0.508 e. The van der Waals surface area contributed by atoms with Crippen LogP contribution < -0.4 is 4.74 Å². The van der Waals surface area contributed by atoms with Gasteiger partial charge < -0.3 is 14.9 Å². The lowest BCUT2D eigenvalue weighted by Gasteiger charge is -2.37. The summed E-state index contributed by atoms with van der Waals surface area (Å²) in [6, 6.07) is 11.2. The molecule has 22 heavy (non-hydrogen) atoms. The van der Waals surface area contributed by atoms with Crippen molar-refractivity contribution in [3.05, 3.63) is 53.1 Å². The van der Waals surface area contributed by atoms with E-state index in [0.29, 0.717) is 17.6 Å². The van der Waals surface area contributed by atoms with Gasteiger partial charge in [-0.3, -0.25) is 0 Å². The smallest absolute Gasteiger partial charge is 0.160 e. The van der Waals surface area contributed by atoms with Gasteiger partial charge in [0.05, 0.1) is 7.11 Å². The topological polar surface area (TPSA) is 49.7 Å². The second-order valence-electron chi connectivity index (χ2n) is 6.33. The van der Waals surface area contributed by atoms with E-state index in [1.165, 1.54) is 11.1 Å². The van der Waals surface area contributed by atoms with Crippen LogP contribution in [0.5, 0.6) is 17.2 Å². The van der Waals surface area contributed by atoms with E-state index in [4.69, 9.17) is 4.74 Å². The van der Waals surface area contributed by atoms with Crippen LogP contribution in [0.3, 0.4) is 0 Å². The average Bonchev–Trinajstić information content (AvgIpc) is 2.50. The van der Waals surface area contributed by atoms with Crippen LogP contribution in [-0.4, -0.2) is 17.3 Å². The van der Waals surface area contributed by atoms with Gasteiger partial charge in [0.1, 0.15) is 5.75 Å². The van der Waals surface area contributed by atoms with Crippen molar-refractivity contribution in [1.82, 2.24) is 0 Å². The molecule has 3 rings (SSSR count). The Labute approximate surface area is 131 Å². The molecule has 0 radical (unpaired) electrons. The van der Waals surface area contributed by atoms with Gasteiger partial charge in [-0.25, -0.2) is 0 Å². The normalized spacial score (nSPS) is 23.9. The molecule has 0 heterocycles. The molecule has 0 amide bonds. The molecule has 0 saturated carbocycles. The number of rotatable bonds is 2. The molecule has 2 aromatic carbocycles. The molecule has 3 nitrogen and oxygen atoms in total. The highest BCUT2D eigenvalue weighted by Crippen LogP contribution is 2.46. The van der Waals surface area contributed by atoms with Crippen LogP contribution in [0.2, 0.25) is 0 Å². The quantitative estimate of drug-likeness (QED) is 0.878. The molecule has 1 aliphatic rings. The minimum absolute atomic E-state index is 0.187. The molecule has 0 saturated heterocycles. The first-order valence-electron chi connectivity index (χ1n) is 7.70. The first kappa shape index (κ1) is 14.8. The van der Waals surface area contributed by atoms with E-state index in [2.05, 4.69) is 13.8 Å². The molecular weight excluding hydrogens is 276 g/mol. The highest BCUT2D eigenvalue weighted by atomic mass is 16.5. The fourth-order valence-electron chi connectivity index (χ4n) is 3.57. The van der Waals surface area contributed by atoms with Crippen LogP contribution in [0.4, 0.5) is 0 Å². The summed E-state index contributed by atoms with van der Waals surface area (Å²) in [5.41, 5.74) is 3.57. The highest BCUT2D eigenvalue weighted by molar-refractivity contribution is 5.52. The second kappa shape index (κ2) is 5.56. The van der Waals surface area contributed by atoms with Crippen molar-refractivity contribution in [3.63, 3.8) is 0 Å². The maximum atomic E-state index is 10.2. The van der Waals surface area contributed by atoms with Crippen LogP contribution in [0.25, 0.3) is 0 Å². The molecule has 3 atom stereocenters. The van der Waals surface area contributed by atoms with Crippen LogP contribution in [0.1, 0.15) is 36.5 Å². The molecule has 0 unspecified atom stereocenters. The first-order valence-corrected chi connectivity index (χ1v) is 7.70. The van der Waals surface area contributed by atoms with E-state index in [1.54, 1.807) is 19.2 Å². The first-order chi connectivity index (χ1) is 10.5. The Balaban J connectivity index is 2.14. The molecule has 0 fully saturated rings. The third kappa shape index (κ3) is 2.41. The molecule has 0 aromatic heterocycles. The Morgan fingerprint density at radius 1 is 1.05 bits per heavy atom. The fraction of sp³-hybridized carbons (Fsp3) is 0.368. The Morgan fingerprint density at radius 2 is 1.73 bits per heavy atom. The van der Waals surface area contributed by atoms with Gasteiger partial charge in [-0.1, -0.05) is 26.0 Å². The molecular formula is C19H22O3. The zero-order valence-electron chi connectivity index (χ0n) is 13.2. The van der Waals surface area contributed by atoms with E-state index in [0.717, 1.165) is 12.0 Å². The monoisotopic (exact) mass is 298 g/mol. The average molecular weight is 298 g/mol. The van der Waals surface area contributed by atoms with Crippen LogP contribution in [0, 0.1) is 11.8 Å². The number of aromatic hydroxyl groups is 2. The predicted molar refractivity (Wildman–Crippen MR) is 86.6 cm³/mol. The molecule has 1 aliphatic carbocycles. The Kier molecular flexibility index (Phi) is 3.73. The summed E-state index contributed by atoms with van der Waals surface area (Å²) in [6.07, 6.45) is 0.988. The summed E-state index contributed by atoms with van der Waals surface area (Å²) in [5.74, 6) is 2.22. The Hall–Kier alpha value is -2.16. The molecule has 0 aliphatic heterocycles. The van der Waals surface area contributed by atoms with E-state index in [9.17, 15) is 10.2 Å². The molecule has 2 N–H and O–H groups in total. The lowest BCUT2D eigenvalue weighted by atomic mass is 9.68. The summed E-state index contributed by atoms with van der Waals surface area (Å²) >= 11 is 0. The number of benzene rings is 2. The lowest BCUT2D eigenvalue weighted by Crippen LogP contribution is -2.26. The Bertz CT molecular complexity index is 676. The number of phenolic OH excluding ortho intramolecular Hbond substituents is 2. The van der Waals surface area contributed by atoms with Gasteiger partial charge in [0.15, 0.2) is 11.5 Å². The summed E-state index contributed by atoms with van der Waals surface area (Å²) in [6.45, 7) is 4.52. The zero-order chi connectivity index (χ0) is 15.9. The third-order valence-corrected chi connectivity index (χ3v) is 4.99. The SMILES string of the molecule is COc1cc2c(cc1O)[C@H](c1ccc(O)cc1)[C@H](C)[C@@H](C)C2. The van der Waals surface area contributed by atoms with E-state index in [-0.39, 0.29) is 17.4 Å². The van der Waals surface area contributed by atoms with E-state index in [1.807, 2.05) is 24.3 Å². The second-order valence-corrected chi connectivity index (χ2v) is 6.33. The van der Waals surface area contributed by atoms with Gasteiger partial charge in [0.2, 0.25) is 0 Å². The third-order valence-electron chi connectivity index (χ3n) is 4.99. The molecule has 0 bridgehead atoms. The van der Waals surface area contributed by atoms with E-state index >= 15 is 0 Å². The largest absolute Gasteiger partial charge is 0.508 e. The van der Waals surface area contributed by atoms with Crippen LogP contribution >= 0.6 is 0 Å². The van der Waals surface area contributed by atoms with Gasteiger partial charge in [0, 0.05) is 5.92 Å². The molecule has 0 spiro atoms. The van der Waals surface area contributed by atoms with Gasteiger partial charge in [-0.15, -0.1) is 0 Å². The van der Waals surface area contributed by atoms with Crippen molar-refractivity contribution in [2.75, 3.05) is 7.11 Å². The highest BCUT2D eigenvalue weighted by Gasteiger charge is 2.33. The summed E-state index contributed by atoms with van der Waals surface area (Å²) in [4.78, 5) is 0. The standard InChI is InChI=1S/C19H22O3/c1-11-8-14-9-18(22-3)17(21)10-16(14)19(12(11)2)13-4-6-15(20)7-5-13/h4-7,9-12,19-21H,8H2,1-3H3/t11-,12+,19-/m0/s1. The predicted octanol–water partition coefficient (Wildman–Crippen LogP) is 4.07. The number of fused-ring (bicyclic) bond motifs is 1. The summed E-state index contributed by atoms with van der Waals surface area (Å²) in [7, 11) is 1.58. The zero-order valence-corrected chi connectivity index (χ0v) is 13.2. The fourth-order valence-corrected chi connectivity index (χ4v) is 3.57. The van der Waals surface area contributed by atoms with Gasteiger partial charge in [-0.05, 0) is 59.2 Å². The molecule has 116 valence electrons. The number of methoxy groups -OCH3 is 1. The number of ether oxygens (including phenoxy) is 1. The van der Waals surface area contributed by atoms with Crippen molar-refractivity contribution in [2.24, 2.45) is 11.8 Å². The van der Waals surface area contributed by atoms with Gasteiger partial charge in [-0.2, -0.15) is 0 Å². The van der Waals surface area contributed by atoms with Gasteiger partial charge in [0.25, 0.3) is 0 Å².